The van der Waals surface area contributed by atoms with E-state index in [1.165, 1.54) is 11.1 Å². The molecule has 0 aromatic heterocycles. The van der Waals surface area contributed by atoms with Crippen LogP contribution < -0.4 is 11.1 Å². The van der Waals surface area contributed by atoms with Gasteiger partial charge in [-0.2, -0.15) is 0 Å². The lowest BCUT2D eigenvalue weighted by Gasteiger charge is -2.11. The van der Waals surface area contributed by atoms with Crippen LogP contribution in [0.1, 0.15) is 18.1 Å². The van der Waals surface area contributed by atoms with E-state index in [0.717, 1.165) is 11.6 Å². The van der Waals surface area contributed by atoms with Crippen molar-refractivity contribution in [2.45, 2.75) is 26.4 Å². The highest BCUT2D eigenvalue weighted by Gasteiger charge is 2.00. The van der Waals surface area contributed by atoms with E-state index in [9.17, 15) is 0 Å². The topological polar surface area (TPSA) is 38.0 Å². The Morgan fingerprint density at radius 1 is 1.43 bits per heavy atom. The van der Waals surface area contributed by atoms with Gasteiger partial charge in [0.05, 0.1) is 0 Å². The number of rotatable bonds is 4. The third-order valence-corrected chi connectivity index (χ3v) is 2.33. The standard InChI is InChI=1S/C11H17ClN2/c1-8-3-10(5-11(12)4-8)7-14-9(2)6-13/h3-5,9,14H,6-7,13H2,1-2H3. The van der Waals surface area contributed by atoms with E-state index in [1.54, 1.807) is 0 Å². The summed E-state index contributed by atoms with van der Waals surface area (Å²) in [5.41, 5.74) is 7.90. The summed E-state index contributed by atoms with van der Waals surface area (Å²) >= 11 is 5.95. The highest BCUT2D eigenvalue weighted by Crippen LogP contribution is 2.14. The van der Waals surface area contributed by atoms with Gasteiger partial charge in [0.1, 0.15) is 0 Å². The summed E-state index contributed by atoms with van der Waals surface area (Å²) in [6.45, 7) is 5.58. The molecule has 0 bridgehead atoms. The molecule has 0 amide bonds. The molecule has 0 aliphatic carbocycles. The van der Waals surface area contributed by atoms with E-state index in [0.29, 0.717) is 12.6 Å². The highest BCUT2D eigenvalue weighted by atomic mass is 35.5. The van der Waals surface area contributed by atoms with Crippen molar-refractivity contribution in [3.8, 4) is 0 Å². The average molecular weight is 213 g/mol. The minimum absolute atomic E-state index is 0.342. The van der Waals surface area contributed by atoms with E-state index in [-0.39, 0.29) is 0 Å². The lowest BCUT2D eigenvalue weighted by atomic mass is 10.1. The van der Waals surface area contributed by atoms with Gasteiger partial charge in [0, 0.05) is 24.2 Å². The monoisotopic (exact) mass is 212 g/mol. The second-order valence-electron chi connectivity index (χ2n) is 3.65. The lowest BCUT2D eigenvalue weighted by molar-refractivity contribution is 0.556. The fraction of sp³-hybridized carbons (Fsp3) is 0.455. The number of hydrogen-bond acceptors (Lipinski definition) is 2. The minimum atomic E-state index is 0.342. The molecule has 0 radical (unpaired) electrons. The van der Waals surface area contributed by atoms with Gasteiger partial charge >= 0.3 is 0 Å². The summed E-state index contributed by atoms with van der Waals surface area (Å²) in [4.78, 5) is 0. The van der Waals surface area contributed by atoms with Crippen LogP contribution in [0.4, 0.5) is 0 Å². The third-order valence-electron chi connectivity index (χ3n) is 2.11. The molecule has 1 atom stereocenters. The van der Waals surface area contributed by atoms with Crippen molar-refractivity contribution in [1.82, 2.24) is 5.32 Å². The maximum Gasteiger partial charge on any atom is 0.0411 e. The van der Waals surface area contributed by atoms with Crippen molar-refractivity contribution in [3.05, 3.63) is 34.3 Å². The maximum absolute atomic E-state index is 5.95. The molecule has 1 aromatic carbocycles. The fourth-order valence-corrected chi connectivity index (χ4v) is 1.60. The van der Waals surface area contributed by atoms with Crippen molar-refractivity contribution in [2.24, 2.45) is 5.73 Å². The Bertz CT molecular complexity index is 279. The molecule has 78 valence electrons. The summed E-state index contributed by atoms with van der Waals surface area (Å²) < 4.78 is 0. The Balaban J connectivity index is 2.58. The number of hydrogen-bond donors (Lipinski definition) is 2. The summed E-state index contributed by atoms with van der Waals surface area (Å²) in [6, 6.07) is 6.40. The molecule has 1 aromatic rings. The normalized spacial score (nSPS) is 12.9. The molecule has 0 aliphatic rings. The molecule has 0 saturated heterocycles. The molecule has 1 rings (SSSR count). The molecule has 0 saturated carbocycles. The van der Waals surface area contributed by atoms with E-state index in [1.807, 2.05) is 19.1 Å². The first-order valence-electron chi connectivity index (χ1n) is 4.81. The van der Waals surface area contributed by atoms with Crippen molar-refractivity contribution in [2.75, 3.05) is 6.54 Å². The van der Waals surface area contributed by atoms with E-state index >= 15 is 0 Å². The number of nitrogens with two attached hydrogens (primary N) is 1. The zero-order valence-corrected chi connectivity index (χ0v) is 9.43. The average Bonchev–Trinajstić information content (AvgIpc) is 2.12. The zero-order valence-electron chi connectivity index (χ0n) is 8.68. The molecule has 14 heavy (non-hydrogen) atoms. The van der Waals surface area contributed by atoms with Gasteiger partial charge in [-0.3, -0.25) is 0 Å². The van der Waals surface area contributed by atoms with Crippen molar-refractivity contribution < 1.29 is 0 Å². The molecule has 0 fully saturated rings. The highest BCUT2D eigenvalue weighted by molar-refractivity contribution is 6.30. The van der Waals surface area contributed by atoms with Crippen LogP contribution >= 0.6 is 11.6 Å². The molecule has 0 heterocycles. The van der Waals surface area contributed by atoms with Gasteiger partial charge in [0.25, 0.3) is 0 Å². The van der Waals surface area contributed by atoms with Crippen LogP contribution in [0, 0.1) is 6.92 Å². The van der Waals surface area contributed by atoms with Crippen LogP contribution in [0.25, 0.3) is 0 Å². The number of aryl methyl sites for hydroxylation is 1. The summed E-state index contributed by atoms with van der Waals surface area (Å²) in [6.07, 6.45) is 0. The van der Waals surface area contributed by atoms with Crippen LogP contribution in [0.15, 0.2) is 18.2 Å². The largest absolute Gasteiger partial charge is 0.329 e. The van der Waals surface area contributed by atoms with Gasteiger partial charge in [0.15, 0.2) is 0 Å². The predicted octanol–water partition coefficient (Wildman–Crippen LogP) is 2.09. The Labute approximate surface area is 90.4 Å². The van der Waals surface area contributed by atoms with Crippen LogP contribution in [0.3, 0.4) is 0 Å². The molecule has 1 unspecified atom stereocenters. The molecular formula is C11H17ClN2. The zero-order chi connectivity index (χ0) is 10.6. The Morgan fingerprint density at radius 2 is 2.14 bits per heavy atom. The van der Waals surface area contributed by atoms with Crippen LogP contribution in [0.2, 0.25) is 5.02 Å². The van der Waals surface area contributed by atoms with Crippen LogP contribution in [0.5, 0.6) is 0 Å². The summed E-state index contributed by atoms with van der Waals surface area (Å²) in [5, 5.41) is 4.11. The van der Waals surface area contributed by atoms with Crippen LogP contribution in [-0.2, 0) is 6.54 Å². The quantitative estimate of drug-likeness (QED) is 0.802. The van der Waals surface area contributed by atoms with Crippen molar-refractivity contribution >= 4 is 11.6 Å². The molecule has 3 N–H and O–H groups in total. The Morgan fingerprint density at radius 3 is 2.71 bits per heavy atom. The van der Waals surface area contributed by atoms with Gasteiger partial charge in [-0.05, 0) is 37.1 Å². The summed E-state index contributed by atoms with van der Waals surface area (Å²) in [5.74, 6) is 0. The van der Waals surface area contributed by atoms with E-state index in [2.05, 4.69) is 18.3 Å². The van der Waals surface area contributed by atoms with E-state index in [4.69, 9.17) is 17.3 Å². The molecule has 3 heteroatoms. The Hall–Kier alpha value is -0.570. The Kier molecular flexibility index (Phi) is 4.39. The van der Waals surface area contributed by atoms with Gasteiger partial charge in [0.2, 0.25) is 0 Å². The van der Waals surface area contributed by atoms with Crippen molar-refractivity contribution in [3.63, 3.8) is 0 Å². The lowest BCUT2D eigenvalue weighted by Crippen LogP contribution is -2.32. The van der Waals surface area contributed by atoms with Crippen LogP contribution in [-0.4, -0.2) is 12.6 Å². The maximum atomic E-state index is 5.95. The SMILES string of the molecule is Cc1cc(Cl)cc(CNC(C)CN)c1. The van der Waals surface area contributed by atoms with Gasteiger partial charge in [-0.15, -0.1) is 0 Å². The second-order valence-corrected chi connectivity index (χ2v) is 4.09. The number of benzene rings is 1. The predicted molar refractivity (Wildman–Crippen MR) is 61.5 cm³/mol. The fourth-order valence-electron chi connectivity index (χ4n) is 1.29. The third kappa shape index (κ3) is 3.66. The first-order valence-corrected chi connectivity index (χ1v) is 5.19. The van der Waals surface area contributed by atoms with Gasteiger partial charge < -0.3 is 11.1 Å². The summed E-state index contributed by atoms with van der Waals surface area (Å²) in [7, 11) is 0. The van der Waals surface area contributed by atoms with Crippen molar-refractivity contribution in [1.29, 1.82) is 0 Å². The first kappa shape index (κ1) is 11.5. The first-order chi connectivity index (χ1) is 6.61. The molecular weight excluding hydrogens is 196 g/mol. The smallest absolute Gasteiger partial charge is 0.0411 e. The minimum Gasteiger partial charge on any atom is -0.329 e. The molecule has 0 spiro atoms. The number of halogens is 1. The molecule has 2 nitrogen and oxygen atoms in total. The van der Waals surface area contributed by atoms with Gasteiger partial charge in [-0.1, -0.05) is 17.7 Å². The van der Waals surface area contributed by atoms with E-state index < -0.39 is 0 Å². The number of nitrogens with one attached hydrogen (secondary N) is 1. The molecule has 0 aliphatic heterocycles. The van der Waals surface area contributed by atoms with Gasteiger partial charge in [-0.25, -0.2) is 0 Å². The second kappa shape index (κ2) is 5.35.